The highest BCUT2D eigenvalue weighted by molar-refractivity contribution is 6.31. The minimum absolute atomic E-state index is 0.426. The molecule has 0 radical (unpaired) electrons. The van der Waals surface area contributed by atoms with Gasteiger partial charge in [0.05, 0.1) is 17.2 Å². The summed E-state index contributed by atoms with van der Waals surface area (Å²) in [7, 11) is 0. The molecule has 0 aliphatic carbocycles. The lowest BCUT2D eigenvalue weighted by Crippen LogP contribution is -2.01. The van der Waals surface area contributed by atoms with Gasteiger partial charge in [-0.15, -0.1) is 0 Å². The predicted molar refractivity (Wildman–Crippen MR) is 71.8 cm³/mol. The molecule has 90 valence electrons. The molecule has 0 bridgehead atoms. The topological polar surface area (TPSA) is 33.0 Å². The highest BCUT2D eigenvalue weighted by atomic mass is 35.5. The van der Waals surface area contributed by atoms with Crippen molar-refractivity contribution in [2.24, 2.45) is 0 Å². The van der Waals surface area contributed by atoms with Gasteiger partial charge in [0.25, 0.3) is 0 Å². The number of ether oxygens (including phenoxy) is 1. The van der Waals surface area contributed by atoms with E-state index in [9.17, 15) is 0 Å². The third-order valence-electron chi connectivity index (χ3n) is 2.56. The van der Waals surface area contributed by atoms with Crippen molar-refractivity contribution in [1.29, 1.82) is 5.26 Å². The van der Waals surface area contributed by atoms with Crippen LogP contribution in [-0.4, -0.2) is 6.61 Å². The van der Waals surface area contributed by atoms with Gasteiger partial charge in [0.15, 0.2) is 0 Å². The molecule has 2 nitrogen and oxygen atoms in total. The molecular formula is C15H12ClNO. The van der Waals surface area contributed by atoms with E-state index in [1.165, 1.54) is 5.56 Å². The molecule has 0 amide bonds. The molecule has 0 saturated carbocycles. The van der Waals surface area contributed by atoms with Crippen molar-refractivity contribution < 1.29 is 4.74 Å². The first-order chi connectivity index (χ1) is 8.79. The molecule has 18 heavy (non-hydrogen) atoms. The van der Waals surface area contributed by atoms with Gasteiger partial charge >= 0.3 is 0 Å². The zero-order valence-electron chi connectivity index (χ0n) is 9.77. The number of nitrogens with zero attached hydrogens (tertiary/aromatic N) is 1. The van der Waals surface area contributed by atoms with Crippen LogP contribution in [0, 0.1) is 11.3 Å². The largest absolute Gasteiger partial charge is 0.493 e. The second kappa shape index (κ2) is 6.09. The first-order valence-corrected chi connectivity index (χ1v) is 6.04. The van der Waals surface area contributed by atoms with Crippen molar-refractivity contribution >= 4 is 11.6 Å². The van der Waals surface area contributed by atoms with Crippen molar-refractivity contribution in [1.82, 2.24) is 0 Å². The Morgan fingerprint density at radius 1 is 1.11 bits per heavy atom. The number of hydrogen-bond donors (Lipinski definition) is 0. The summed E-state index contributed by atoms with van der Waals surface area (Å²) < 4.78 is 5.60. The predicted octanol–water partition coefficient (Wildman–Crippen LogP) is 3.83. The van der Waals surface area contributed by atoms with E-state index in [4.69, 9.17) is 21.6 Å². The molecular weight excluding hydrogens is 246 g/mol. The summed E-state index contributed by atoms with van der Waals surface area (Å²) in [6, 6.07) is 17.3. The van der Waals surface area contributed by atoms with Crippen molar-refractivity contribution in [3.05, 3.63) is 64.7 Å². The summed E-state index contributed by atoms with van der Waals surface area (Å²) in [6.07, 6.45) is 0.846. The van der Waals surface area contributed by atoms with Gasteiger partial charge in [-0.05, 0) is 17.7 Å². The van der Waals surface area contributed by atoms with Gasteiger partial charge in [-0.25, -0.2) is 0 Å². The van der Waals surface area contributed by atoms with Gasteiger partial charge in [-0.1, -0.05) is 41.9 Å². The molecule has 0 saturated heterocycles. The van der Waals surface area contributed by atoms with Gasteiger partial charge in [-0.3, -0.25) is 0 Å². The second-order valence-corrected chi connectivity index (χ2v) is 4.24. The fourth-order valence-electron chi connectivity index (χ4n) is 1.61. The Labute approximate surface area is 111 Å². The van der Waals surface area contributed by atoms with Crippen LogP contribution >= 0.6 is 11.6 Å². The average molecular weight is 258 g/mol. The van der Waals surface area contributed by atoms with Crippen molar-refractivity contribution in [2.75, 3.05) is 6.61 Å². The van der Waals surface area contributed by atoms with Crippen molar-refractivity contribution in [3.8, 4) is 11.8 Å². The van der Waals surface area contributed by atoms with Crippen molar-refractivity contribution in [2.45, 2.75) is 6.42 Å². The molecule has 0 N–H and O–H groups in total. The maximum absolute atomic E-state index is 8.76. The summed E-state index contributed by atoms with van der Waals surface area (Å²) in [6.45, 7) is 0.590. The molecule has 0 atom stereocenters. The van der Waals surface area contributed by atoms with Crippen molar-refractivity contribution in [3.63, 3.8) is 0 Å². The third kappa shape index (κ3) is 3.26. The molecule has 2 aromatic carbocycles. The summed E-state index contributed by atoms with van der Waals surface area (Å²) in [5.74, 6) is 0.690. The van der Waals surface area contributed by atoms with Crippen LogP contribution in [0.15, 0.2) is 48.5 Å². The van der Waals surface area contributed by atoms with Crippen LogP contribution in [0.25, 0.3) is 0 Å². The van der Waals surface area contributed by atoms with E-state index in [1.807, 2.05) is 24.3 Å². The Balaban J connectivity index is 1.91. The first kappa shape index (κ1) is 12.5. The molecule has 0 fully saturated rings. The molecule has 2 rings (SSSR count). The normalized spacial score (nSPS) is 9.78. The zero-order chi connectivity index (χ0) is 12.8. The molecule has 0 aliphatic heterocycles. The van der Waals surface area contributed by atoms with E-state index in [2.05, 4.69) is 12.1 Å². The lowest BCUT2D eigenvalue weighted by atomic mass is 10.2. The Kier molecular flexibility index (Phi) is 4.22. The lowest BCUT2D eigenvalue weighted by Gasteiger charge is -2.07. The SMILES string of the molecule is N#Cc1ccc(OCCc2ccccc2)cc1Cl. The number of nitriles is 1. The molecule has 0 aromatic heterocycles. The monoisotopic (exact) mass is 257 g/mol. The zero-order valence-corrected chi connectivity index (χ0v) is 10.5. The summed E-state index contributed by atoms with van der Waals surface area (Å²) in [5.41, 5.74) is 1.70. The summed E-state index contributed by atoms with van der Waals surface area (Å²) in [4.78, 5) is 0. The van der Waals surface area contributed by atoms with E-state index in [0.29, 0.717) is 22.9 Å². The number of hydrogen-bond acceptors (Lipinski definition) is 2. The van der Waals surface area contributed by atoms with E-state index >= 15 is 0 Å². The maximum atomic E-state index is 8.76. The molecule has 2 aromatic rings. The van der Waals surface area contributed by atoms with Gasteiger partial charge in [0.1, 0.15) is 11.8 Å². The standard InChI is InChI=1S/C15H12ClNO/c16-15-10-14(7-6-13(15)11-17)18-9-8-12-4-2-1-3-5-12/h1-7,10H,8-9H2. The quantitative estimate of drug-likeness (QED) is 0.834. The van der Waals surface area contributed by atoms with Crippen LogP contribution in [0.4, 0.5) is 0 Å². The van der Waals surface area contributed by atoms with E-state index < -0.39 is 0 Å². The van der Waals surface area contributed by atoms with Crippen LogP contribution in [-0.2, 0) is 6.42 Å². The summed E-state index contributed by atoms with van der Waals surface area (Å²) in [5, 5.41) is 9.18. The number of benzene rings is 2. The molecule has 0 heterocycles. The van der Waals surface area contributed by atoms with E-state index in [1.54, 1.807) is 18.2 Å². The number of halogens is 1. The highest BCUT2D eigenvalue weighted by Crippen LogP contribution is 2.21. The van der Waals surface area contributed by atoms with E-state index in [0.717, 1.165) is 6.42 Å². The third-order valence-corrected chi connectivity index (χ3v) is 2.88. The molecule has 3 heteroatoms. The molecule has 0 aliphatic rings. The minimum Gasteiger partial charge on any atom is -0.493 e. The summed E-state index contributed by atoms with van der Waals surface area (Å²) >= 11 is 5.92. The van der Waals surface area contributed by atoms with Gasteiger partial charge in [-0.2, -0.15) is 5.26 Å². The Hall–Kier alpha value is -1.98. The van der Waals surface area contributed by atoms with Gasteiger partial charge in [0, 0.05) is 12.5 Å². The fraction of sp³-hybridized carbons (Fsp3) is 0.133. The maximum Gasteiger partial charge on any atom is 0.120 e. The first-order valence-electron chi connectivity index (χ1n) is 5.66. The smallest absolute Gasteiger partial charge is 0.120 e. The molecule has 0 unspecified atom stereocenters. The molecule has 0 spiro atoms. The Morgan fingerprint density at radius 3 is 2.56 bits per heavy atom. The van der Waals surface area contributed by atoms with E-state index in [-0.39, 0.29) is 0 Å². The lowest BCUT2D eigenvalue weighted by molar-refractivity contribution is 0.322. The van der Waals surface area contributed by atoms with Gasteiger partial charge < -0.3 is 4.74 Å². The highest BCUT2D eigenvalue weighted by Gasteiger charge is 2.01. The van der Waals surface area contributed by atoms with Crippen LogP contribution in [0.1, 0.15) is 11.1 Å². The van der Waals surface area contributed by atoms with Crippen LogP contribution < -0.4 is 4.74 Å². The number of rotatable bonds is 4. The Morgan fingerprint density at radius 2 is 1.89 bits per heavy atom. The van der Waals surface area contributed by atoms with Crippen LogP contribution in [0.3, 0.4) is 0 Å². The second-order valence-electron chi connectivity index (χ2n) is 3.84. The minimum atomic E-state index is 0.426. The fourth-order valence-corrected chi connectivity index (χ4v) is 1.82. The Bertz CT molecular complexity index is 560. The average Bonchev–Trinajstić information content (AvgIpc) is 2.40. The van der Waals surface area contributed by atoms with Gasteiger partial charge in [0.2, 0.25) is 0 Å². The van der Waals surface area contributed by atoms with Crippen LogP contribution in [0.5, 0.6) is 5.75 Å². The van der Waals surface area contributed by atoms with Crippen LogP contribution in [0.2, 0.25) is 5.02 Å².